The first-order chi connectivity index (χ1) is 8.68. The summed E-state index contributed by atoms with van der Waals surface area (Å²) >= 11 is 0. The number of hydrogen-bond donors (Lipinski definition) is 2. The lowest BCUT2D eigenvalue weighted by Crippen LogP contribution is -2.44. The highest BCUT2D eigenvalue weighted by Crippen LogP contribution is 2.31. The summed E-state index contributed by atoms with van der Waals surface area (Å²) in [4.78, 5) is 0. The Balaban J connectivity index is 1.69. The summed E-state index contributed by atoms with van der Waals surface area (Å²) in [7, 11) is 0. The maximum atomic E-state index is 10.5. The van der Waals surface area contributed by atoms with E-state index >= 15 is 0 Å². The summed E-state index contributed by atoms with van der Waals surface area (Å²) in [5.74, 6) is 0.666. The van der Waals surface area contributed by atoms with E-state index in [1.54, 1.807) is 0 Å². The highest BCUT2D eigenvalue weighted by atomic mass is 16.3. The molecule has 0 heterocycles. The van der Waals surface area contributed by atoms with Crippen molar-refractivity contribution in [3.63, 3.8) is 0 Å². The quantitative estimate of drug-likeness (QED) is 0.784. The van der Waals surface area contributed by atoms with E-state index in [0.717, 1.165) is 38.8 Å². The minimum atomic E-state index is -0.464. The lowest BCUT2D eigenvalue weighted by atomic mass is 9.79. The van der Waals surface area contributed by atoms with Crippen LogP contribution in [-0.2, 0) is 6.42 Å². The third-order valence-electron chi connectivity index (χ3n) is 3.95. The number of nitrogens with one attached hydrogen (secondary N) is 1. The summed E-state index contributed by atoms with van der Waals surface area (Å²) in [6.07, 6.45) is 5.37. The molecule has 0 radical (unpaired) electrons. The van der Waals surface area contributed by atoms with Gasteiger partial charge in [0, 0.05) is 6.54 Å². The van der Waals surface area contributed by atoms with Crippen molar-refractivity contribution < 1.29 is 5.11 Å². The van der Waals surface area contributed by atoms with Gasteiger partial charge in [-0.1, -0.05) is 50.1 Å². The highest BCUT2D eigenvalue weighted by Gasteiger charge is 2.31. The van der Waals surface area contributed by atoms with Crippen molar-refractivity contribution in [3.05, 3.63) is 35.9 Å². The largest absolute Gasteiger partial charge is 0.389 e. The van der Waals surface area contributed by atoms with Crippen LogP contribution in [0.4, 0.5) is 0 Å². The minimum absolute atomic E-state index is 0.464. The summed E-state index contributed by atoms with van der Waals surface area (Å²) in [6, 6.07) is 10.5. The van der Waals surface area contributed by atoms with E-state index in [2.05, 4.69) is 36.5 Å². The van der Waals surface area contributed by atoms with Crippen molar-refractivity contribution in [2.24, 2.45) is 5.92 Å². The molecule has 0 spiro atoms. The van der Waals surface area contributed by atoms with Crippen molar-refractivity contribution in [2.45, 2.75) is 44.6 Å². The molecule has 1 aliphatic carbocycles. The molecule has 0 bridgehead atoms. The van der Waals surface area contributed by atoms with Crippen LogP contribution in [0.3, 0.4) is 0 Å². The predicted molar refractivity (Wildman–Crippen MR) is 75.6 cm³/mol. The van der Waals surface area contributed by atoms with Gasteiger partial charge in [-0.15, -0.1) is 0 Å². The first kappa shape index (κ1) is 13.6. The van der Waals surface area contributed by atoms with E-state index in [0.29, 0.717) is 5.92 Å². The van der Waals surface area contributed by atoms with Gasteiger partial charge in [0.1, 0.15) is 0 Å². The SMILES string of the molecule is CC1CCCC(O)(CNCCc2ccccc2)C1. The Bertz CT molecular complexity index is 351. The Labute approximate surface area is 110 Å². The smallest absolute Gasteiger partial charge is 0.0774 e. The molecule has 100 valence electrons. The lowest BCUT2D eigenvalue weighted by molar-refractivity contribution is -0.0114. The zero-order valence-corrected chi connectivity index (χ0v) is 11.4. The molecule has 0 amide bonds. The molecule has 1 fully saturated rings. The summed E-state index contributed by atoms with van der Waals surface area (Å²) < 4.78 is 0. The van der Waals surface area contributed by atoms with Crippen molar-refractivity contribution in [3.8, 4) is 0 Å². The Kier molecular flexibility index (Phi) is 4.79. The molecule has 1 aliphatic rings. The predicted octanol–water partition coefficient (Wildman–Crippen LogP) is 2.76. The van der Waals surface area contributed by atoms with Gasteiger partial charge >= 0.3 is 0 Å². The average Bonchev–Trinajstić information content (AvgIpc) is 2.36. The molecule has 2 N–H and O–H groups in total. The van der Waals surface area contributed by atoms with Gasteiger partial charge in [-0.2, -0.15) is 0 Å². The van der Waals surface area contributed by atoms with Crippen molar-refractivity contribution in [1.29, 1.82) is 0 Å². The van der Waals surface area contributed by atoms with E-state index < -0.39 is 5.60 Å². The molecule has 0 saturated heterocycles. The van der Waals surface area contributed by atoms with Gasteiger partial charge in [-0.3, -0.25) is 0 Å². The van der Waals surface area contributed by atoms with Crippen molar-refractivity contribution >= 4 is 0 Å². The van der Waals surface area contributed by atoms with E-state index in [4.69, 9.17) is 0 Å². The summed E-state index contributed by atoms with van der Waals surface area (Å²) in [6.45, 7) is 3.93. The second-order valence-electron chi connectivity index (χ2n) is 5.84. The zero-order chi connectivity index (χ0) is 12.8. The Hall–Kier alpha value is -0.860. The second-order valence-corrected chi connectivity index (χ2v) is 5.84. The fourth-order valence-corrected chi connectivity index (χ4v) is 2.99. The minimum Gasteiger partial charge on any atom is -0.389 e. The van der Waals surface area contributed by atoms with Crippen LogP contribution in [0, 0.1) is 5.92 Å². The first-order valence-electron chi connectivity index (χ1n) is 7.15. The third kappa shape index (κ3) is 4.11. The van der Waals surface area contributed by atoms with Gasteiger partial charge in [0.05, 0.1) is 5.60 Å². The number of hydrogen-bond acceptors (Lipinski definition) is 2. The van der Waals surface area contributed by atoms with Crippen LogP contribution in [0.25, 0.3) is 0 Å². The summed E-state index contributed by atoms with van der Waals surface area (Å²) in [5, 5.41) is 13.9. The first-order valence-corrected chi connectivity index (χ1v) is 7.15. The molecule has 2 atom stereocenters. The van der Waals surface area contributed by atoms with Crippen LogP contribution >= 0.6 is 0 Å². The van der Waals surface area contributed by atoms with Crippen LogP contribution < -0.4 is 5.32 Å². The average molecular weight is 247 g/mol. The summed E-state index contributed by atoms with van der Waals surface area (Å²) in [5.41, 5.74) is 0.892. The Morgan fingerprint density at radius 2 is 2.11 bits per heavy atom. The van der Waals surface area contributed by atoms with Gasteiger partial charge in [0.2, 0.25) is 0 Å². The van der Waals surface area contributed by atoms with Gasteiger partial charge in [-0.25, -0.2) is 0 Å². The second kappa shape index (κ2) is 6.35. The molecular formula is C16H25NO. The zero-order valence-electron chi connectivity index (χ0n) is 11.4. The molecule has 2 unspecified atom stereocenters. The molecule has 2 nitrogen and oxygen atoms in total. The number of benzene rings is 1. The van der Waals surface area contributed by atoms with Gasteiger partial charge in [-0.05, 0) is 37.3 Å². The topological polar surface area (TPSA) is 32.3 Å². The maximum Gasteiger partial charge on any atom is 0.0774 e. The van der Waals surface area contributed by atoms with Crippen LogP contribution in [-0.4, -0.2) is 23.8 Å². The molecule has 1 saturated carbocycles. The standard InChI is InChI=1S/C16H25NO/c1-14-6-5-10-16(18,12-14)13-17-11-9-15-7-3-2-4-8-15/h2-4,7-8,14,17-18H,5-6,9-13H2,1H3. The van der Waals surface area contributed by atoms with E-state index in [9.17, 15) is 5.11 Å². The Morgan fingerprint density at radius 3 is 2.83 bits per heavy atom. The van der Waals surface area contributed by atoms with Crippen LogP contribution in [0.5, 0.6) is 0 Å². The van der Waals surface area contributed by atoms with E-state index in [1.165, 1.54) is 12.0 Å². The molecular weight excluding hydrogens is 222 g/mol. The van der Waals surface area contributed by atoms with E-state index in [-0.39, 0.29) is 0 Å². The van der Waals surface area contributed by atoms with Crippen LogP contribution in [0.1, 0.15) is 38.2 Å². The van der Waals surface area contributed by atoms with Crippen LogP contribution in [0.15, 0.2) is 30.3 Å². The fourth-order valence-electron chi connectivity index (χ4n) is 2.99. The number of rotatable bonds is 5. The van der Waals surface area contributed by atoms with Crippen molar-refractivity contribution in [1.82, 2.24) is 5.32 Å². The van der Waals surface area contributed by atoms with Gasteiger partial charge < -0.3 is 10.4 Å². The molecule has 2 rings (SSSR count). The molecule has 2 heteroatoms. The molecule has 1 aromatic carbocycles. The monoisotopic (exact) mass is 247 g/mol. The molecule has 1 aromatic rings. The number of aliphatic hydroxyl groups is 1. The van der Waals surface area contributed by atoms with Gasteiger partial charge in [0.15, 0.2) is 0 Å². The van der Waals surface area contributed by atoms with E-state index in [1.807, 2.05) is 6.07 Å². The molecule has 0 aromatic heterocycles. The maximum absolute atomic E-state index is 10.5. The van der Waals surface area contributed by atoms with Crippen molar-refractivity contribution in [2.75, 3.05) is 13.1 Å². The molecule has 0 aliphatic heterocycles. The van der Waals surface area contributed by atoms with Crippen LogP contribution in [0.2, 0.25) is 0 Å². The highest BCUT2D eigenvalue weighted by molar-refractivity contribution is 5.14. The lowest BCUT2D eigenvalue weighted by Gasteiger charge is -2.35. The molecule has 18 heavy (non-hydrogen) atoms. The van der Waals surface area contributed by atoms with Gasteiger partial charge in [0.25, 0.3) is 0 Å². The third-order valence-corrected chi connectivity index (χ3v) is 3.95. The normalized spacial score (nSPS) is 28.2. The Morgan fingerprint density at radius 1 is 1.33 bits per heavy atom. The fraction of sp³-hybridized carbons (Fsp3) is 0.625.